The van der Waals surface area contributed by atoms with E-state index in [2.05, 4.69) is 22.0 Å². The van der Waals surface area contributed by atoms with Gasteiger partial charge in [-0.1, -0.05) is 30.3 Å². The van der Waals surface area contributed by atoms with Crippen molar-refractivity contribution in [1.82, 2.24) is 14.9 Å². The molecule has 6 nitrogen and oxygen atoms in total. The van der Waals surface area contributed by atoms with Gasteiger partial charge in [0.25, 0.3) is 5.91 Å². The number of benzene rings is 2. The molecule has 1 amide bonds. The van der Waals surface area contributed by atoms with Gasteiger partial charge in [0.15, 0.2) is 5.76 Å². The zero-order chi connectivity index (χ0) is 19.3. The van der Waals surface area contributed by atoms with Gasteiger partial charge in [-0.05, 0) is 30.3 Å². The Kier molecular flexibility index (Phi) is 5.10. The van der Waals surface area contributed by atoms with E-state index >= 15 is 0 Å². The van der Waals surface area contributed by atoms with Crippen LogP contribution >= 0.6 is 0 Å². The lowest BCUT2D eigenvalue weighted by molar-refractivity contribution is 0.0926. The van der Waals surface area contributed by atoms with E-state index in [9.17, 15) is 4.79 Å². The van der Waals surface area contributed by atoms with Crippen molar-refractivity contribution in [2.24, 2.45) is 0 Å². The first kappa shape index (κ1) is 17.9. The molecule has 0 atom stereocenters. The topological polar surface area (TPSA) is 69.3 Å². The number of carbonyl (C=O) groups is 1. The third-order valence-electron chi connectivity index (χ3n) is 4.63. The Labute approximate surface area is 162 Å². The van der Waals surface area contributed by atoms with Crippen LogP contribution in [0, 0.1) is 0 Å². The fourth-order valence-electron chi connectivity index (χ4n) is 3.28. The largest absolute Gasteiger partial charge is 0.496 e. The Morgan fingerprint density at radius 1 is 1.11 bits per heavy atom. The van der Waals surface area contributed by atoms with E-state index < -0.39 is 0 Å². The van der Waals surface area contributed by atoms with Crippen LogP contribution in [-0.4, -0.2) is 29.1 Å². The van der Waals surface area contributed by atoms with Crippen molar-refractivity contribution in [3.05, 3.63) is 84.1 Å². The molecule has 0 unspecified atom stereocenters. The van der Waals surface area contributed by atoms with Gasteiger partial charge in [-0.25, -0.2) is 4.98 Å². The number of fused-ring (bicyclic) bond motifs is 1. The monoisotopic (exact) mass is 375 g/mol. The van der Waals surface area contributed by atoms with Crippen molar-refractivity contribution < 1.29 is 13.9 Å². The summed E-state index contributed by atoms with van der Waals surface area (Å²) >= 11 is 0. The molecule has 142 valence electrons. The Hall–Kier alpha value is -3.54. The normalized spacial score (nSPS) is 10.9. The van der Waals surface area contributed by atoms with E-state index in [-0.39, 0.29) is 5.91 Å². The second-order valence-corrected chi connectivity index (χ2v) is 6.40. The molecule has 0 bridgehead atoms. The van der Waals surface area contributed by atoms with Crippen LogP contribution in [0.25, 0.3) is 11.0 Å². The third-order valence-corrected chi connectivity index (χ3v) is 4.63. The lowest BCUT2D eigenvalue weighted by Gasteiger charge is -2.13. The van der Waals surface area contributed by atoms with Gasteiger partial charge in [0.05, 0.1) is 31.0 Å². The van der Waals surface area contributed by atoms with Crippen molar-refractivity contribution in [1.29, 1.82) is 0 Å². The number of methoxy groups -OCH3 is 1. The standard InChI is InChI=1S/C22H21N3O3/c1-27-19-10-5-2-7-16(19)15-25-18-9-4-3-8-17(18)24-21(25)12-13-23-22(26)20-11-6-14-28-20/h2-11,14H,12-13,15H2,1H3,(H,23,26). The molecule has 0 saturated carbocycles. The third kappa shape index (κ3) is 3.62. The number of rotatable bonds is 7. The van der Waals surface area contributed by atoms with Crippen LogP contribution in [0.2, 0.25) is 0 Å². The molecule has 4 rings (SSSR count). The highest BCUT2D eigenvalue weighted by atomic mass is 16.5. The molecule has 0 aliphatic carbocycles. The molecule has 2 aromatic heterocycles. The van der Waals surface area contributed by atoms with Crippen LogP contribution in [-0.2, 0) is 13.0 Å². The van der Waals surface area contributed by atoms with E-state index in [1.54, 1.807) is 19.2 Å². The highest BCUT2D eigenvalue weighted by molar-refractivity contribution is 5.91. The lowest BCUT2D eigenvalue weighted by atomic mass is 10.2. The number of hydrogen-bond donors (Lipinski definition) is 1. The molecule has 0 aliphatic rings. The minimum absolute atomic E-state index is 0.225. The van der Waals surface area contributed by atoms with Crippen molar-refractivity contribution in [2.45, 2.75) is 13.0 Å². The smallest absolute Gasteiger partial charge is 0.286 e. The number of imidazole rings is 1. The first-order valence-electron chi connectivity index (χ1n) is 9.14. The fourth-order valence-corrected chi connectivity index (χ4v) is 3.28. The van der Waals surface area contributed by atoms with E-state index in [0.717, 1.165) is 28.2 Å². The van der Waals surface area contributed by atoms with E-state index in [1.165, 1.54) is 6.26 Å². The van der Waals surface area contributed by atoms with Gasteiger partial charge in [0.1, 0.15) is 11.6 Å². The summed E-state index contributed by atoms with van der Waals surface area (Å²) in [5.41, 5.74) is 3.07. The first-order chi connectivity index (χ1) is 13.8. The highest BCUT2D eigenvalue weighted by Gasteiger charge is 2.14. The molecule has 0 saturated heterocycles. The predicted molar refractivity (Wildman–Crippen MR) is 107 cm³/mol. The van der Waals surface area contributed by atoms with Crippen molar-refractivity contribution in [3.63, 3.8) is 0 Å². The summed E-state index contributed by atoms with van der Waals surface area (Å²) in [4.78, 5) is 16.9. The number of para-hydroxylation sites is 3. The Bertz CT molecular complexity index is 1080. The van der Waals surface area contributed by atoms with Gasteiger partial charge in [0, 0.05) is 18.5 Å². The number of ether oxygens (including phenoxy) is 1. The maximum atomic E-state index is 12.1. The van der Waals surface area contributed by atoms with Crippen molar-refractivity contribution in [2.75, 3.05) is 13.7 Å². The molecule has 2 aromatic carbocycles. The maximum Gasteiger partial charge on any atom is 0.286 e. The first-order valence-corrected chi connectivity index (χ1v) is 9.14. The molecule has 2 heterocycles. The number of nitrogens with one attached hydrogen (secondary N) is 1. The summed E-state index contributed by atoms with van der Waals surface area (Å²) in [5, 5.41) is 2.88. The van der Waals surface area contributed by atoms with Gasteiger partial charge in [-0.15, -0.1) is 0 Å². The van der Waals surface area contributed by atoms with Gasteiger partial charge in [-0.2, -0.15) is 0 Å². The zero-order valence-corrected chi connectivity index (χ0v) is 15.6. The minimum atomic E-state index is -0.225. The molecule has 0 aliphatic heterocycles. The van der Waals surface area contributed by atoms with Crippen LogP contribution in [0.5, 0.6) is 5.75 Å². The van der Waals surface area contributed by atoms with Gasteiger partial charge >= 0.3 is 0 Å². The minimum Gasteiger partial charge on any atom is -0.496 e. The molecule has 4 aromatic rings. The van der Waals surface area contributed by atoms with Crippen LogP contribution in [0.4, 0.5) is 0 Å². The molecule has 28 heavy (non-hydrogen) atoms. The summed E-state index contributed by atoms with van der Waals surface area (Å²) in [6, 6.07) is 19.3. The van der Waals surface area contributed by atoms with Crippen LogP contribution < -0.4 is 10.1 Å². The van der Waals surface area contributed by atoms with Crippen LogP contribution in [0.1, 0.15) is 21.9 Å². The summed E-state index contributed by atoms with van der Waals surface area (Å²) in [7, 11) is 1.68. The Morgan fingerprint density at radius 3 is 2.75 bits per heavy atom. The molecule has 0 fully saturated rings. The van der Waals surface area contributed by atoms with E-state index in [1.807, 2.05) is 36.4 Å². The number of nitrogens with zero attached hydrogens (tertiary/aromatic N) is 2. The van der Waals surface area contributed by atoms with Crippen LogP contribution in [0.3, 0.4) is 0 Å². The van der Waals surface area contributed by atoms with Gasteiger partial charge in [0.2, 0.25) is 0 Å². The lowest BCUT2D eigenvalue weighted by Crippen LogP contribution is -2.26. The Morgan fingerprint density at radius 2 is 1.93 bits per heavy atom. The molecule has 6 heteroatoms. The quantitative estimate of drug-likeness (QED) is 0.535. The average molecular weight is 375 g/mol. The van der Waals surface area contributed by atoms with E-state index in [0.29, 0.717) is 25.3 Å². The van der Waals surface area contributed by atoms with E-state index in [4.69, 9.17) is 14.1 Å². The molecule has 0 spiro atoms. The SMILES string of the molecule is COc1ccccc1Cn1c(CCNC(=O)c2ccco2)nc2ccccc21. The molecule has 1 N–H and O–H groups in total. The summed E-state index contributed by atoms with van der Waals surface area (Å²) in [6.07, 6.45) is 2.10. The number of carbonyl (C=O) groups excluding carboxylic acids is 1. The zero-order valence-electron chi connectivity index (χ0n) is 15.6. The van der Waals surface area contributed by atoms with Crippen molar-refractivity contribution >= 4 is 16.9 Å². The summed E-state index contributed by atoms with van der Waals surface area (Å²) in [5.74, 6) is 1.84. The maximum absolute atomic E-state index is 12.1. The molecule has 0 radical (unpaired) electrons. The fraction of sp³-hybridized carbons (Fsp3) is 0.182. The number of aromatic nitrogens is 2. The van der Waals surface area contributed by atoms with Crippen molar-refractivity contribution in [3.8, 4) is 5.75 Å². The Balaban J connectivity index is 1.57. The number of furan rings is 1. The summed E-state index contributed by atoms with van der Waals surface area (Å²) < 4.78 is 12.8. The number of hydrogen-bond acceptors (Lipinski definition) is 4. The van der Waals surface area contributed by atoms with Crippen LogP contribution in [0.15, 0.2) is 71.3 Å². The molecular formula is C22H21N3O3. The predicted octanol–water partition coefficient (Wildman–Crippen LogP) is 3.66. The average Bonchev–Trinajstić information content (AvgIpc) is 3.37. The summed E-state index contributed by atoms with van der Waals surface area (Å²) in [6.45, 7) is 1.11. The second-order valence-electron chi connectivity index (χ2n) is 6.40. The second kappa shape index (κ2) is 8.00. The molecular weight excluding hydrogens is 354 g/mol. The van der Waals surface area contributed by atoms with Gasteiger partial charge < -0.3 is 19.0 Å². The van der Waals surface area contributed by atoms with Gasteiger partial charge in [-0.3, -0.25) is 4.79 Å². The number of amides is 1. The highest BCUT2D eigenvalue weighted by Crippen LogP contribution is 2.23.